The highest BCUT2D eigenvalue weighted by molar-refractivity contribution is 7.98. The minimum Gasteiger partial charge on any atom is -0.465 e. The van der Waals surface area contributed by atoms with Crippen LogP contribution >= 0.6 is 49.6 Å². The fourth-order valence-electron chi connectivity index (χ4n) is 1.93. The number of esters is 4. The smallest absolute Gasteiger partial charge is 0.306 e. The van der Waals surface area contributed by atoms with Gasteiger partial charge in [-0.25, -0.2) is 0 Å². The summed E-state index contributed by atoms with van der Waals surface area (Å²) in [7, 11) is 0. The minimum atomic E-state index is -1.24. The standard InChI is InChI=1S/C18H30O8S4/c1-30-9-5-17(22)26-13-18(10-23-14(19)2-6-27,11-24-15(20)3-7-28)12-25-16(21)4-8-29/h27-29H,2-13H2,1H3. The molecule has 12 heteroatoms. The quantitative estimate of drug-likeness (QED) is 0.156. The van der Waals surface area contributed by atoms with Crippen LogP contribution in [0.1, 0.15) is 25.7 Å². The van der Waals surface area contributed by atoms with Crippen LogP contribution in [0.4, 0.5) is 0 Å². The van der Waals surface area contributed by atoms with Crippen molar-refractivity contribution in [2.45, 2.75) is 25.7 Å². The molecule has 0 aromatic heterocycles. The Kier molecular flexibility index (Phi) is 17.5. The normalized spacial score (nSPS) is 10.9. The summed E-state index contributed by atoms with van der Waals surface area (Å²) in [5.74, 6) is -0.560. The molecule has 0 bridgehead atoms. The van der Waals surface area contributed by atoms with Crippen LogP contribution in [0.3, 0.4) is 0 Å². The Morgan fingerprint density at radius 1 is 0.633 bits per heavy atom. The van der Waals surface area contributed by atoms with Gasteiger partial charge in [-0.05, 0) is 6.26 Å². The number of hydrogen-bond acceptors (Lipinski definition) is 12. The molecular formula is C18H30O8S4. The number of ether oxygens (including phenoxy) is 4. The molecule has 0 rings (SSSR count). The Balaban J connectivity index is 5.36. The topological polar surface area (TPSA) is 105 Å². The Bertz CT molecular complexity index is 489. The average Bonchev–Trinajstić information content (AvgIpc) is 2.72. The van der Waals surface area contributed by atoms with Gasteiger partial charge in [0.25, 0.3) is 0 Å². The molecule has 0 spiro atoms. The fourth-order valence-corrected chi connectivity index (χ4v) is 2.85. The second-order valence-corrected chi connectivity index (χ2v) is 8.63. The van der Waals surface area contributed by atoms with E-state index < -0.39 is 29.3 Å². The van der Waals surface area contributed by atoms with Gasteiger partial charge in [-0.15, -0.1) is 0 Å². The number of rotatable bonds is 17. The molecule has 0 unspecified atom stereocenters. The molecular weight excluding hydrogens is 472 g/mol. The number of hydrogen-bond donors (Lipinski definition) is 3. The number of carbonyl (C=O) groups is 4. The third-order valence-electron chi connectivity index (χ3n) is 3.62. The summed E-state index contributed by atoms with van der Waals surface area (Å²) >= 11 is 13.4. The van der Waals surface area contributed by atoms with Gasteiger partial charge in [-0.1, -0.05) is 0 Å². The molecule has 0 aromatic carbocycles. The van der Waals surface area contributed by atoms with Crippen molar-refractivity contribution >= 4 is 73.5 Å². The third-order valence-corrected chi connectivity index (χ3v) is 4.90. The molecule has 0 aliphatic rings. The van der Waals surface area contributed by atoms with E-state index in [1.54, 1.807) is 0 Å². The van der Waals surface area contributed by atoms with Crippen molar-refractivity contribution in [3.05, 3.63) is 0 Å². The maximum atomic E-state index is 12.0. The van der Waals surface area contributed by atoms with E-state index in [0.29, 0.717) is 23.0 Å². The first-order valence-electron chi connectivity index (χ1n) is 9.26. The van der Waals surface area contributed by atoms with Crippen molar-refractivity contribution in [2.24, 2.45) is 5.41 Å². The van der Waals surface area contributed by atoms with E-state index in [4.69, 9.17) is 18.9 Å². The summed E-state index contributed by atoms with van der Waals surface area (Å²) in [4.78, 5) is 47.5. The number of thiol groups is 3. The van der Waals surface area contributed by atoms with Crippen LogP contribution in [0.15, 0.2) is 0 Å². The van der Waals surface area contributed by atoms with E-state index in [1.165, 1.54) is 11.8 Å². The zero-order chi connectivity index (χ0) is 22.8. The molecule has 0 aliphatic carbocycles. The number of thioether (sulfide) groups is 1. The average molecular weight is 503 g/mol. The predicted molar refractivity (Wildman–Crippen MR) is 125 cm³/mol. The van der Waals surface area contributed by atoms with Crippen LogP contribution in [-0.2, 0) is 38.1 Å². The third kappa shape index (κ3) is 14.3. The summed E-state index contributed by atoms with van der Waals surface area (Å²) in [6.45, 7) is -1.05. The molecule has 0 heterocycles. The minimum absolute atomic E-state index is 0.0750. The Morgan fingerprint density at radius 2 is 0.933 bits per heavy atom. The van der Waals surface area contributed by atoms with E-state index in [1.807, 2.05) is 6.26 Å². The second kappa shape index (κ2) is 17.9. The van der Waals surface area contributed by atoms with Gasteiger partial charge in [0.1, 0.15) is 31.8 Å². The molecule has 0 atom stereocenters. The first-order chi connectivity index (χ1) is 14.3. The van der Waals surface area contributed by atoms with E-state index in [-0.39, 0.29) is 52.1 Å². The molecule has 0 fully saturated rings. The maximum Gasteiger partial charge on any atom is 0.306 e. The van der Waals surface area contributed by atoms with Gasteiger partial charge in [-0.3, -0.25) is 19.2 Å². The van der Waals surface area contributed by atoms with Crippen molar-refractivity contribution in [3.63, 3.8) is 0 Å². The van der Waals surface area contributed by atoms with Crippen LogP contribution in [0.2, 0.25) is 0 Å². The first kappa shape index (κ1) is 29.3. The molecule has 0 amide bonds. The van der Waals surface area contributed by atoms with Crippen molar-refractivity contribution in [1.29, 1.82) is 0 Å². The predicted octanol–water partition coefficient (Wildman–Crippen LogP) is 1.86. The Morgan fingerprint density at radius 3 is 1.20 bits per heavy atom. The lowest BCUT2D eigenvalue weighted by molar-refractivity contribution is -0.170. The summed E-state index contributed by atoms with van der Waals surface area (Å²) in [6.07, 6.45) is 2.28. The second-order valence-electron chi connectivity index (χ2n) is 6.31. The molecule has 0 saturated heterocycles. The van der Waals surface area contributed by atoms with Crippen LogP contribution in [-0.4, -0.2) is 79.6 Å². The molecule has 0 radical (unpaired) electrons. The lowest BCUT2D eigenvalue weighted by Gasteiger charge is -2.31. The molecule has 0 aromatic rings. The van der Waals surface area contributed by atoms with E-state index in [9.17, 15) is 19.2 Å². The SMILES string of the molecule is CSCCC(=O)OCC(COC(=O)CCS)(COC(=O)CCS)COC(=O)CCS. The van der Waals surface area contributed by atoms with E-state index in [0.717, 1.165) is 0 Å². The maximum absolute atomic E-state index is 12.0. The van der Waals surface area contributed by atoms with Crippen molar-refractivity contribution in [2.75, 3.05) is 55.7 Å². The summed E-state index contributed by atoms with van der Waals surface area (Å²) in [6, 6.07) is 0. The molecule has 8 nitrogen and oxygen atoms in total. The highest BCUT2D eigenvalue weighted by atomic mass is 32.2. The molecule has 0 N–H and O–H groups in total. The lowest BCUT2D eigenvalue weighted by Crippen LogP contribution is -2.44. The van der Waals surface area contributed by atoms with Gasteiger partial charge >= 0.3 is 23.9 Å². The summed E-state index contributed by atoms with van der Waals surface area (Å²) in [5, 5.41) is 0. The fraction of sp³-hybridized carbons (Fsp3) is 0.778. The Labute approximate surface area is 198 Å². The van der Waals surface area contributed by atoms with Crippen LogP contribution in [0.5, 0.6) is 0 Å². The first-order valence-corrected chi connectivity index (χ1v) is 12.6. The van der Waals surface area contributed by atoms with E-state index in [2.05, 4.69) is 37.9 Å². The van der Waals surface area contributed by atoms with Gasteiger partial charge in [0.05, 0.1) is 25.7 Å². The van der Waals surface area contributed by atoms with Gasteiger partial charge in [0, 0.05) is 23.0 Å². The van der Waals surface area contributed by atoms with Gasteiger partial charge in [0.2, 0.25) is 0 Å². The summed E-state index contributed by atoms with van der Waals surface area (Å²) in [5.41, 5.74) is -1.24. The lowest BCUT2D eigenvalue weighted by atomic mass is 9.92. The largest absolute Gasteiger partial charge is 0.465 e. The van der Waals surface area contributed by atoms with Crippen molar-refractivity contribution in [1.82, 2.24) is 0 Å². The van der Waals surface area contributed by atoms with Gasteiger partial charge in [0.15, 0.2) is 0 Å². The van der Waals surface area contributed by atoms with Crippen LogP contribution < -0.4 is 0 Å². The molecule has 30 heavy (non-hydrogen) atoms. The highest BCUT2D eigenvalue weighted by Crippen LogP contribution is 2.22. The molecule has 174 valence electrons. The summed E-state index contributed by atoms with van der Waals surface area (Å²) < 4.78 is 21.1. The van der Waals surface area contributed by atoms with Crippen LogP contribution in [0.25, 0.3) is 0 Å². The van der Waals surface area contributed by atoms with E-state index >= 15 is 0 Å². The highest BCUT2D eigenvalue weighted by Gasteiger charge is 2.37. The van der Waals surface area contributed by atoms with Crippen molar-refractivity contribution < 1.29 is 38.1 Å². The zero-order valence-corrected chi connectivity index (χ0v) is 20.5. The van der Waals surface area contributed by atoms with Gasteiger partial charge < -0.3 is 18.9 Å². The Hall–Kier alpha value is -0.720. The van der Waals surface area contributed by atoms with Crippen molar-refractivity contribution in [3.8, 4) is 0 Å². The number of carbonyl (C=O) groups excluding carboxylic acids is 4. The molecule has 0 saturated carbocycles. The van der Waals surface area contributed by atoms with Gasteiger partial charge in [-0.2, -0.15) is 49.6 Å². The van der Waals surface area contributed by atoms with Crippen LogP contribution in [0, 0.1) is 5.41 Å². The molecule has 0 aliphatic heterocycles. The zero-order valence-electron chi connectivity index (χ0n) is 17.0. The monoisotopic (exact) mass is 502 g/mol.